The van der Waals surface area contributed by atoms with Crippen LogP contribution in [0.3, 0.4) is 0 Å². The molecule has 0 aliphatic rings. The van der Waals surface area contributed by atoms with E-state index in [0.717, 1.165) is 14.8 Å². The van der Waals surface area contributed by atoms with E-state index in [0.29, 0.717) is 5.56 Å². The molecule has 0 atom stereocenters. The van der Waals surface area contributed by atoms with Crippen molar-refractivity contribution in [1.29, 1.82) is 5.26 Å². The quantitative estimate of drug-likeness (QED) is 0.795. The molecule has 15 heavy (non-hydrogen) atoms. The molecule has 0 radical (unpaired) electrons. The maximum absolute atomic E-state index is 8.96. The van der Waals surface area contributed by atoms with Gasteiger partial charge in [-0.15, -0.1) is 11.3 Å². The summed E-state index contributed by atoms with van der Waals surface area (Å²) in [6, 6.07) is 8.01. The van der Waals surface area contributed by atoms with Crippen LogP contribution in [-0.2, 0) is 0 Å². The number of benzene rings is 1. The number of hydrogen-bond acceptors (Lipinski definition) is 4. The van der Waals surface area contributed by atoms with Crippen LogP contribution in [0.2, 0.25) is 0 Å². The summed E-state index contributed by atoms with van der Waals surface area (Å²) < 4.78 is 0.970. The molecule has 0 aliphatic carbocycles. The number of rotatable bonds is 2. The van der Waals surface area contributed by atoms with E-state index in [1.807, 2.05) is 30.5 Å². The van der Waals surface area contributed by atoms with E-state index in [1.54, 1.807) is 29.3 Å². The van der Waals surface area contributed by atoms with Crippen molar-refractivity contribution < 1.29 is 0 Å². The van der Waals surface area contributed by atoms with Crippen molar-refractivity contribution in [3.8, 4) is 6.07 Å². The molecule has 0 N–H and O–H groups in total. The average Bonchev–Trinajstić information content (AvgIpc) is 2.71. The van der Waals surface area contributed by atoms with Crippen molar-refractivity contribution in [3.05, 3.63) is 40.9 Å². The SMILES string of the molecule is Cc1ccc(C#N)c(Sc2nccs2)c1. The molecule has 2 nitrogen and oxygen atoms in total. The Morgan fingerprint density at radius 2 is 2.33 bits per heavy atom. The van der Waals surface area contributed by atoms with Gasteiger partial charge >= 0.3 is 0 Å². The number of aromatic nitrogens is 1. The summed E-state index contributed by atoms with van der Waals surface area (Å²) in [6.07, 6.45) is 1.77. The lowest BCUT2D eigenvalue weighted by molar-refractivity contribution is 1.24. The van der Waals surface area contributed by atoms with Crippen LogP contribution < -0.4 is 0 Å². The van der Waals surface area contributed by atoms with Crippen molar-refractivity contribution in [2.75, 3.05) is 0 Å². The Kier molecular flexibility index (Phi) is 3.05. The summed E-state index contributed by atoms with van der Waals surface area (Å²) in [5, 5.41) is 10.9. The third-order valence-corrected chi connectivity index (χ3v) is 3.81. The van der Waals surface area contributed by atoms with Gasteiger partial charge in [-0.1, -0.05) is 17.8 Å². The van der Waals surface area contributed by atoms with E-state index in [9.17, 15) is 0 Å². The van der Waals surface area contributed by atoms with Crippen LogP contribution in [0, 0.1) is 18.3 Å². The van der Waals surface area contributed by atoms with E-state index >= 15 is 0 Å². The van der Waals surface area contributed by atoms with Gasteiger partial charge in [0.1, 0.15) is 6.07 Å². The van der Waals surface area contributed by atoms with Crippen LogP contribution in [0.25, 0.3) is 0 Å². The summed E-state index contributed by atoms with van der Waals surface area (Å²) >= 11 is 3.13. The monoisotopic (exact) mass is 232 g/mol. The van der Waals surface area contributed by atoms with E-state index < -0.39 is 0 Å². The Hall–Kier alpha value is -1.31. The van der Waals surface area contributed by atoms with Crippen molar-refractivity contribution in [2.45, 2.75) is 16.2 Å². The predicted octanol–water partition coefficient (Wildman–Crippen LogP) is 3.47. The van der Waals surface area contributed by atoms with E-state index in [2.05, 4.69) is 11.1 Å². The fourth-order valence-corrected chi connectivity index (χ4v) is 2.92. The molecule has 0 aliphatic heterocycles. The highest BCUT2D eigenvalue weighted by Crippen LogP contribution is 2.31. The molecule has 1 aromatic carbocycles. The average molecular weight is 232 g/mol. The number of nitriles is 1. The van der Waals surface area contributed by atoms with Gasteiger partial charge in [-0.3, -0.25) is 0 Å². The first-order valence-corrected chi connectivity index (χ1v) is 6.07. The lowest BCUT2D eigenvalue weighted by Crippen LogP contribution is -1.82. The molecule has 0 saturated heterocycles. The van der Waals surface area contributed by atoms with Gasteiger partial charge in [0.05, 0.1) is 5.56 Å². The molecule has 1 aromatic heterocycles. The Morgan fingerprint density at radius 1 is 1.47 bits per heavy atom. The lowest BCUT2D eigenvalue weighted by Gasteiger charge is -2.01. The number of thiazole rings is 1. The van der Waals surface area contributed by atoms with Gasteiger partial charge in [-0.05, 0) is 24.6 Å². The summed E-state index contributed by atoms with van der Waals surface area (Å²) in [6.45, 7) is 2.02. The minimum atomic E-state index is 0.709. The normalized spacial score (nSPS) is 9.87. The zero-order valence-corrected chi connectivity index (χ0v) is 9.73. The smallest absolute Gasteiger partial charge is 0.154 e. The number of nitrogens with zero attached hydrogens (tertiary/aromatic N) is 2. The van der Waals surface area contributed by atoms with Gasteiger partial charge in [0.25, 0.3) is 0 Å². The summed E-state index contributed by atoms with van der Waals surface area (Å²) in [5.74, 6) is 0. The van der Waals surface area contributed by atoms with Crippen LogP contribution in [0.5, 0.6) is 0 Å². The fourth-order valence-electron chi connectivity index (χ4n) is 1.16. The second-order valence-corrected chi connectivity index (χ2v) is 5.20. The van der Waals surface area contributed by atoms with Gasteiger partial charge in [-0.2, -0.15) is 5.26 Å². The third-order valence-electron chi connectivity index (χ3n) is 1.86. The van der Waals surface area contributed by atoms with Crippen molar-refractivity contribution in [2.24, 2.45) is 0 Å². The number of hydrogen-bond donors (Lipinski definition) is 0. The van der Waals surface area contributed by atoms with Gasteiger partial charge in [-0.25, -0.2) is 4.98 Å². The molecule has 0 bridgehead atoms. The standard InChI is InChI=1S/C11H8N2S2/c1-8-2-3-9(7-12)10(6-8)15-11-13-4-5-14-11/h2-6H,1H3. The third kappa shape index (κ3) is 2.38. The van der Waals surface area contributed by atoms with E-state index in [1.165, 1.54) is 0 Å². The van der Waals surface area contributed by atoms with Crippen LogP contribution in [0.15, 0.2) is 39.0 Å². The summed E-state index contributed by atoms with van der Waals surface area (Å²) in [7, 11) is 0. The van der Waals surface area contributed by atoms with Crippen molar-refractivity contribution >= 4 is 23.1 Å². The molecule has 0 unspecified atom stereocenters. The Labute approximate surface area is 96.6 Å². The predicted molar refractivity (Wildman–Crippen MR) is 62.1 cm³/mol. The molecule has 0 amide bonds. The summed E-state index contributed by atoms with van der Waals surface area (Å²) in [5.41, 5.74) is 1.87. The maximum atomic E-state index is 8.96. The number of aryl methyl sites for hydroxylation is 1. The van der Waals surface area contributed by atoms with Crippen LogP contribution in [0.4, 0.5) is 0 Å². The van der Waals surface area contributed by atoms with Crippen molar-refractivity contribution in [1.82, 2.24) is 4.98 Å². The highest BCUT2D eigenvalue weighted by atomic mass is 32.2. The van der Waals surface area contributed by atoms with Gasteiger partial charge < -0.3 is 0 Å². The van der Waals surface area contributed by atoms with Crippen LogP contribution in [-0.4, -0.2) is 4.98 Å². The van der Waals surface area contributed by atoms with Crippen LogP contribution >= 0.6 is 23.1 Å². The van der Waals surface area contributed by atoms with Crippen LogP contribution in [0.1, 0.15) is 11.1 Å². The highest BCUT2D eigenvalue weighted by molar-refractivity contribution is 8.01. The Morgan fingerprint density at radius 3 is 3.00 bits per heavy atom. The first-order valence-electron chi connectivity index (χ1n) is 4.37. The molecule has 4 heteroatoms. The maximum Gasteiger partial charge on any atom is 0.154 e. The highest BCUT2D eigenvalue weighted by Gasteiger charge is 2.05. The topological polar surface area (TPSA) is 36.7 Å². The molecule has 0 spiro atoms. The molecule has 2 rings (SSSR count). The van der Waals surface area contributed by atoms with E-state index in [4.69, 9.17) is 5.26 Å². The second-order valence-electron chi connectivity index (χ2n) is 3.01. The summed E-state index contributed by atoms with van der Waals surface area (Å²) in [4.78, 5) is 5.17. The minimum Gasteiger partial charge on any atom is -0.238 e. The van der Waals surface area contributed by atoms with Gasteiger partial charge in [0.2, 0.25) is 0 Å². The van der Waals surface area contributed by atoms with Gasteiger partial charge in [0.15, 0.2) is 4.34 Å². The molecular weight excluding hydrogens is 224 g/mol. The molecule has 0 saturated carbocycles. The van der Waals surface area contributed by atoms with E-state index in [-0.39, 0.29) is 0 Å². The lowest BCUT2D eigenvalue weighted by atomic mass is 10.2. The van der Waals surface area contributed by atoms with Crippen molar-refractivity contribution in [3.63, 3.8) is 0 Å². The van der Waals surface area contributed by atoms with Gasteiger partial charge in [0, 0.05) is 16.5 Å². The molecule has 1 heterocycles. The zero-order chi connectivity index (χ0) is 10.7. The molecular formula is C11H8N2S2. The first-order chi connectivity index (χ1) is 7.29. The zero-order valence-electron chi connectivity index (χ0n) is 8.10. The second kappa shape index (κ2) is 4.47. The molecule has 2 aromatic rings. The largest absolute Gasteiger partial charge is 0.238 e. The molecule has 0 fully saturated rings. The fraction of sp³-hybridized carbons (Fsp3) is 0.0909. The minimum absolute atomic E-state index is 0.709. The molecule has 74 valence electrons. The Balaban J connectivity index is 2.35. The Bertz CT molecular complexity index is 498. The first kappa shape index (κ1) is 10.2.